The molecule has 196 valence electrons. The summed E-state index contributed by atoms with van der Waals surface area (Å²) in [4.78, 5) is 20.7. The molecule has 0 saturated carbocycles. The number of carbonyl (C=O) groups is 1. The third-order valence-electron chi connectivity index (χ3n) is 7.24. The van der Waals surface area contributed by atoms with E-state index in [9.17, 15) is 4.79 Å². The molecule has 38 heavy (non-hydrogen) atoms. The first-order valence-electron chi connectivity index (χ1n) is 12.7. The van der Waals surface area contributed by atoms with Crippen LogP contribution in [0, 0.1) is 0 Å². The van der Waals surface area contributed by atoms with Crippen molar-refractivity contribution >= 4 is 28.9 Å². The predicted molar refractivity (Wildman–Crippen MR) is 142 cm³/mol. The van der Waals surface area contributed by atoms with Crippen LogP contribution < -0.4 is 4.74 Å². The molecular formula is C28H28ClN5O4. The number of ether oxygens (including phenoxy) is 2. The van der Waals surface area contributed by atoms with Gasteiger partial charge in [0.25, 0.3) is 5.89 Å². The van der Waals surface area contributed by atoms with Crippen molar-refractivity contribution < 1.29 is 18.7 Å². The van der Waals surface area contributed by atoms with E-state index >= 15 is 0 Å². The number of methoxy groups -OCH3 is 1. The van der Waals surface area contributed by atoms with E-state index in [0.717, 1.165) is 54.6 Å². The maximum atomic E-state index is 11.5. The zero-order chi connectivity index (χ0) is 26.1. The molecule has 9 nitrogen and oxygen atoms in total. The van der Waals surface area contributed by atoms with Gasteiger partial charge in [-0.1, -0.05) is 29.8 Å². The number of hydrogen-bond donors (Lipinski definition) is 0. The van der Waals surface area contributed by atoms with E-state index in [1.807, 2.05) is 18.2 Å². The van der Waals surface area contributed by atoms with Gasteiger partial charge < -0.3 is 18.8 Å². The van der Waals surface area contributed by atoms with Crippen LogP contribution in [0.15, 0.2) is 46.9 Å². The first-order valence-corrected chi connectivity index (χ1v) is 13.1. The lowest BCUT2D eigenvalue weighted by atomic mass is 9.91. The molecule has 2 aliphatic rings. The first kappa shape index (κ1) is 24.8. The van der Waals surface area contributed by atoms with E-state index < -0.39 is 0 Å². The van der Waals surface area contributed by atoms with E-state index in [1.165, 1.54) is 5.56 Å². The SMILES string of the molecule is COc1ccc(Cl)cc1-c1nnc(CCN2CCc3nc4ccccc4c(C4CN(C=O)CCO4)c3C2)o1. The third kappa shape index (κ3) is 4.84. The summed E-state index contributed by atoms with van der Waals surface area (Å²) in [6, 6.07) is 13.5. The second-order valence-corrected chi connectivity index (χ2v) is 9.99. The molecule has 2 aromatic heterocycles. The molecule has 1 amide bonds. The first-order chi connectivity index (χ1) is 18.6. The normalized spacial score (nSPS) is 17.9. The van der Waals surface area contributed by atoms with Gasteiger partial charge in [-0.2, -0.15) is 0 Å². The van der Waals surface area contributed by atoms with Crippen molar-refractivity contribution in [3.8, 4) is 17.2 Å². The zero-order valence-corrected chi connectivity index (χ0v) is 21.9. The van der Waals surface area contributed by atoms with Gasteiger partial charge in [0.2, 0.25) is 12.3 Å². The third-order valence-corrected chi connectivity index (χ3v) is 7.47. The van der Waals surface area contributed by atoms with Crippen molar-refractivity contribution in [2.45, 2.75) is 25.5 Å². The van der Waals surface area contributed by atoms with E-state index in [0.29, 0.717) is 54.2 Å². The Hall–Kier alpha value is -3.53. The Labute approximate surface area is 225 Å². The Kier molecular flexibility index (Phi) is 6.97. The standard InChI is InChI=1S/C28H28ClN5O4/c1-36-24-7-6-18(29)14-20(24)28-32-31-26(38-28)9-11-33-10-8-23-21(15-33)27(19-4-2-3-5-22(19)30-23)25-16-34(17-35)12-13-37-25/h2-7,14,17,25H,8-13,15-16H2,1H3. The molecule has 0 bridgehead atoms. The van der Waals surface area contributed by atoms with Crippen molar-refractivity contribution in [1.82, 2.24) is 25.0 Å². The molecule has 0 spiro atoms. The highest BCUT2D eigenvalue weighted by molar-refractivity contribution is 6.30. The van der Waals surface area contributed by atoms with Gasteiger partial charge in [-0.25, -0.2) is 0 Å². The number of fused-ring (bicyclic) bond motifs is 2. The molecule has 0 aliphatic carbocycles. The molecule has 10 heteroatoms. The summed E-state index contributed by atoms with van der Waals surface area (Å²) in [7, 11) is 1.60. The average molecular weight is 534 g/mol. The minimum atomic E-state index is -0.179. The molecule has 1 fully saturated rings. The summed E-state index contributed by atoms with van der Waals surface area (Å²) in [5.41, 5.74) is 5.09. The van der Waals surface area contributed by atoms with Crippen LogP contribution in [0.1, 0.15) is 28.8 Å². The van der Waals surface area contributed by atoms with Gasteiger partial charge in [0, 0.05) is 55.1 Å². The molecular weight excluding hydrogens is 506 g/mol. The largest absolute Gasteiger partial charge is 0.496 e. The summed E-state index contributed by atoms with van der Waals surface area (Å²) in [6.07, 6.45) is 2.18. The number of morpholine rings is 1. The molecule has 1 saturated heterocycles. The Morgan fingerprint density at radius 1 is 1.18 bits per heavy atom. The Bertz CT molecular complexity index is 1480. The van der Waals surface area contributed by atoms with Gasteiger partial charge in [0.05, 0.1) is 31.3 Å². The Morgan fingerprint density at radius 3 is 2.95 bits per heavy atom. The van der Waals surface area contributed by atoms with Crippen LogP contribution >= 0.6 is 11.6 Å². The van der Waals surface area contributed by atoms with Crippen molar-refractivity contribution in [2.24, 2.45) is 0 Å². The quantitative estimate of drug-likeness (QED) is 0.328. The van der Waals surface area contributed by atoms with Crippen molar-refractivity contribution in [2.75, 3.05) is 39.9 Å². The van der Waals surface area contributed by atoms with E-state index in [-0.39, 0.29) is 6.10 Å². The smallest absolute Gasteiger partial charge is 0.251 e. The van der Waals surface area contributed by atoms with Crippen molar-refractivity contribution in [1.29, 1.82) is 0 Å². The van der Waals surface area contributed by atoms with E-state index in [1.54, 1.807) is 30.2 Å². The Morgan fingerprint density at radius 2 is 2.08 bits per heavy atom. The summed E-state index contributed by atoms with van der Waals surface area (Å²) in [5, 5.41) is 10.1. The summed E-state index contributed by atoms with van der Waals surface area (Å²) in [6.45, 7) is 4.06. The van der Waals surface area contributed by atoms with E-state index in [2.05, 4.69) is 21.2 Å². The maximum absolute atomic E-state index is 11.5. The molecule has 2 aliphatic heterocycles. The van der Waals surface area contributed by atoms with Crippen LogP contribution in [0.25, 0.3) is 22.4 Å². The predicted octanol–water partition coefficient (Wildman–Crippen LogP) is 4.08. The van der Waals surface area contributed by atoms with Gasteiger partial charge in [0.1, 0.15) is 11.9 Å². The second-order valence-electron chi connectivity index (χ2n) is 9.55. The fourth-order valence-corrected chi connectivity index (χ4v) is 5.51. The number of aromatic nitrogens is 3. The molecule has 4 aromatic rings. The number of pyridine rings is 1. The lowest BCUT2D eigenvalue weighted by molar-refractivity contribution is -0.125. The summed E-state index contributed by atoms with van der Waals surface area (Å²) >= 11 is 6.17. The fourth-order valence-electron chi connectivity index (χ4n) is 5.34. The van der Waals surface area contributed by atoms with Crippen molar-refractivity contribution in [3.05, 3.63) is 70.2 Å². The fraction of sp³-hybridized carbons (Fsp3) is 0.357. The molecule has 6 rings (SSSR count). The van der Waals surface area contributed by atoms with E-state index in [4.69, 9.17) is 30.5 Å². The van der Waals surface area contributed by atoms with Gasteiger partial charge >= 0.3 is 0 Å². The average Bonchev–Trinajstić information content (AvgIpc) is 3.43. The monoisotopic (exact) mass is 533 g/mol. The summed E-state index contributed by atoms with van der Waals surface area (Å²) < 4.78 is 17.6. The number of hydrogen-bond acceptors (Lipinski definition) is 8. The number of para-hydroxylation sites is 1. The second kappa shape index (κ2) is 10.7. The number of carbonyl (C=O) groups excluding carboxylic acids is 1. The van der Waals surface area contributed by atoms with Gasteiger partial charge in [0.15, 0.2) is 0 Å². The van der Waals surface area contributed by atoms with Crippen LogP contribution in [0.2, 0.25) is 5.02 Å². The van der Waals surface area contributed by atoms with Gasteiger partial charge in [-0.05, 0) is 35.4 Å². The zero-order valence-electron chi connectivity index (χ0n) is 21.1. The van der Waals surface area contributed by atoms with Crippen LogP contribution in [-0.4, -0.2) is 71.3 Å². The van der Waals surface area contributed by atoms with Crippen LogP contribution in [-0.2, 0) is 28.9 Å². The highest BCUT2D eigenvalue weighted by Gasteiger charge is 2.30. The highest BCUT2D eigenvalue weighted by atomic mass is 35.5. The number of benzene rings is 2. The topological polar surface area (TPSA) is 93.8 Å². The maximum Gasteiger partial charge on any atom is 0.251 e. The Balaban J connectivity index is 1.23. The number of nitrogens with zero attached hydrogens (tertiary/aromatic N) is 5. The molecule has 0 N–H and O–H groups in total. The van der Waals surface area contributed by atoms with Crippen LogP contribution in [0.3, 0.4) is 0 Å². The minimum Gasteiger partial charge on any atom is -0.496 e. The molecule has 4 heterocycles. The summed E-state index contributed by atoms with van der Waals surface area (Å²) in [5.74, 6) is 1.57. The van der Waals surface area contributed by atoms with Crippen molar-refractivity contribution in [3.63, 3.8) is 0 Å². The van der Waals surface area contributed by atoms with Crippen LogP contribution in [0.5, 0.6) is 5.75 Å². The molecule has 1 atom stereocenters. The minimum absolute atomic E-state index is 0.179. The number of halogens is 1. The molecule has 1 unspecified atom stereocenters. The molecule has 2 aromatic carbocycles. The lowest BCUT2D eigenvalue weighted by Gasteiger charge is -2.35. The number of rotatable bonds is 7. The highest BCUT2D eigenvalue weighted by Crippen LogP contribution is 2.36. The molecule has 0 radical (unpaired) electrons. The van der Waals surface area contributed by atoms with Gasteiger partial charge in [-0.3, -0.25) is 14.7 Å². The lowest BCUT2D eigenvalue weighted by Crippen LogP contribution is -2.39. The van der Waals surface area contributed by atoms with Crippen LogP contribution in [0.4, 0.5) is 0 Å². The number of amides is 1. The van der Waals surface area contributed by atoms with Gasteiger partial charge in [-0.15, -0.1) is 10.2 Å².